The summed E-state index contributed by atoms with van der Waals surface area (Å²) in [4.78, 5) is 12.9. The lowest BCUT2D eigenvalue weighted by Crippen LogP contribution is -2.27. The van der Waals surface area contributed by atoms with Gasteiger partial charge >= 0.3 is 16.6 Å². The molecular weight excluding hydrogens is 410 g/mol. The average Bonchev–Trinajstić information content (AvgIpc) is 2.68. The molecule has 1 aromatic carbocycles. The van der Waals surface area contributed by atoms with Crippen LogP contribution in [-0.4, -0.2) is 33.0 Å². The molecule has 0 bridgehead atoms. The van der Waals surface area contributed by atoms with Gasteiger partial charge < -0.3 is 9.64 Å². The zero-order valence-electron chi connectivity index (χ0n) is 11.3. The Balaban J connectivity index is 2.30. The molecule has 128 valence electrons. The maximum atomic E-state index is 12.7. The van der Waals surface area contributed by atoms with E-state index in [0.717, 1.165) is 11.0 Å². The number of carbonyl (C=O) groups excluding carboxylic acids is 1. The summed E-state index contributed by atoms with van der Waals surface area (Å²) in [5.74, 6) is -2.91. The fourth-order valence-electron chi connectivity index (χ4n) is 2.32. The van der Waals surface area contributed by atoms with Crippen molar-refractivity contribution in [2.45, 2.75) is 12.8 Å². The smallest absolute Gasteiger partial charge is 0.404 e. The van der Waals surface area contributed by atoms with Crippen LogP contribution in [-0.2, 0) is 15.0 Å². The van der Waals surface area contributed by atoms with Crippen LogP contribution in [0.15, 0.2) is 22.7 Å². The van der Waals surface area contributed by atoms with Gasteiger partial charge in [-0.05, 0) is 18.2 Å². The summed E-state index contributed by atoms with van der Waals surface area (Å²) in [6.45, 7) is -0.216. The monoisotopic (exact) mass is 419 g/mol. The van der Waals surface area contributed by atoms with E-state index in [9.17, 15) is 30.3 Å². The highest BCUT2D eigenvalue weighted by atomic mass is 79.9. The Kier molecular flexibility index (Phi) is 4.90. The highest BCUT2D eigenvalue weighted by Crippen LogP contribution is 2.38. The number of amides is 1. The molecule has 1 aliphatic heterocycles. The first kappa shape index (κ1) is 18.0. The SMILES string of the molecule is O=C1CC(CS(=O)(=O)F)CN1c1cc(Br)ccc1OC(F)(F)F. The molecule has 5 nitrogen and oxygen atoms in total. The third-order valence-electron chi connectivity index (χ3n) is 3.08. The fourth-order valence-corrected chi connectivity index (χ4v) is 3.46. The van der Waals surface area contributed by atoms with Gasteiger partial charge in [0.05, 0.1) is 11.4 Å². The van der Waals surface area contributed by atoms with Crippen molar-refractivity contribution in [3.8, 4) is 5.75 Å². The number of ether oxygens (including phenoxy) is 1. The first-order valence-corrected chi connectivity index (χ1v) is 8.57. The number of hydrogen-bond acceptors (Lipinski definition) is 4. The molecule has 0 aromatic heterocycles. The average molecular weight is 420 g/mol. The minimum Gasteiger partial charge on any atom is -0.404 e. The fraction of sp³-hybridized carbons (Fsp3) is 0.417. The van der Waals surface area contributed by atoms with Crippen LogP contribution in [0.25, 0.3) is 0 Å². The molecule has 23 heavy (non-hydrogen) atoms. The normalized spacial score (nSPS) is 19.3. The Morgan fingerprint density at radius 1 is 1.35 bits per heavy atom. The van der Waals surface area contributed by atoms with Gasteiger partial charge in [0.2, 0.25) is 5.91 Å². The maximum absolute atomic E-state index is 12.7. The van der Waals surface area contributed by atoms with Gasteiger partial charge in [-0.3, -0.25) is 4.79 Å². The van der Waals surface area contributed by atoms with E-state index < -0.39 is 39.9 Å². The molecule has 1 amide bonds. The topological polar surface area (TPSA) is 63.7 Å². The summed E-state index contributed by atoms with van der Waals surface area (Å²) in [7, 11) is -4.78. The van der Waals surface area contributed by atoms with Gasteiger partial charge in [-0.2, -0.15) is 8.42 Å². The molecule has 1 aromatic rings. The van der Waals surface area contributed by atoms with Crippen LogP contribution in [0.5, 0.6) is 5.75 Å². The summed E-state index contributed by atoms with van der Waals surface area (Å²) < 4.78 is 75.7. The predicted octanol–water partition coefficient (Wildman–Crippen LogP) is 3.00. The molecule has 0 saturated carbocycles. The van der Waals surface area contributed by atoms with Crippen LogP contribution >= 0.6 is 15.9 Å². The summed E-state index contributed by atoms with van der Waals surface area (Å²) in [6.07, 6.45) is -5.23. The Morgan fingerprint density at radius 3 is 2.57 bits per heavy atom. The van der Waals surface area contributed by atoms with Crippen molar-refractivity contribution in [3.05, 3.63) is 22.7 Å². The van der Waals surface area contributed by atoms with E-state index in [1.807, 2.05) is 0 Å². The van der Waals surface area contributed by atoms with Crippen molar-refractivity contribution in [1.82, 2.24) is 0 Å². The van der Waals surface area contributed by atoms with Crippen LogP contribution in [0.4, 0.5) is 22.7 Å². The maximum Gasteiger partial charge on any atom is 0.573 e. The predicted molar refractivity (Wildman–Crippen MR) is 76.2 cm³/mol. The van der Waals surface area contributed by atoms with E-state index in [1.54, 1.807) is 0 Å². The molecule has 1 fully saturated rings. The van der Waals surface area contributed by atoms with E-state index in [4.69, 9.17) is 0 Å². The number of halogens is 5. The highest BCUT2D eigenvalue weighted by molar-refractivity contribution is 9.10. The van der Waals surface area contributed by atoms with Crippen molar-refractivity contribution < 1.29 is 35.0 Å². The molecular formula is C12H10BrF4NO4S. The lowest BCUT2D eigenvalue weighted by Gasteiger charge is -2.21. The summed E-state index contributed by atoms with van der Waals surface area (Å²) in [6, 6.07) is 3.57. The van der Waals surface area contributed by atoms with Crippen LogP contribution in [0.1, 0.15) is 6.42 Å². The van der Waals surface area contributed by atoms with Gasteiger partial charge in [0.15, 0.2) is 5.75 Å². The second kappa shape index (κ2) is 6.27. The number of rotatable bonds is 4. The second-order valence-corrected chi connectivity index (χ2v) is 7.27. The van der Waals surface area contributed by atoms with Gasteiger partial charge in [-0.25, -0.2) is 0 Å². The van der Waals surface area contributed by atoms with Gasteiger partial charge in [0, 0.05) is 23.4 Å². The Hall–Kier alpha value is -1.36. The standard InChI is InChI=1S/C12H10BrF4NO4S/c13-8-1-2-10(22-12(14,15)16)9(4-8)18-5-7(3-11(18)19)6-23(17,20)21/h1-2,4,7H,3,5-6H2. The number of benzene rings is 1. The third-order valence-corrected chi connectivity index (χ3v) is 4.44. The van der Waals surface area contributed by atoms with Crippen molar-refractivity contribution >= 4 is 37.7 Å². The molecule has 1 atom stereocenters. The van der Waals surface area contributed by atoms with Crippen molar-refractivity contribution in [3.63, 3.8) is 0 Å². The van der Waals surface area contributed by atoms with E-state index in [1.165, 1.54) is 12.1 Å². The molecule has 0 radical (unpaired) electrons. The molecule has 0 aliphatic carbocycles. The lowest BCUT2D eigenvalue weighted by atomic mass is 10.1. The number of anilines is 1. The van der Waals surface area contributed by atoms with Gasteiger partial charge in [0.1, 0.15) is 0 Å². The number of alkyl halides is 3. The Labute approximate surface area is 137 Å². The Morgan fingerprint density at radius 2 is 2.00 bits per heavy atom. The van der Waals surface area contributed by atoms with E-state index in [0.29, 0.717) is 4.47 Å². The highest BCUT2D eigenvalue weighted by Gasteiger charge is 2.37. The van der Waals surface area contributed by atoms with Crippen molar-refractivity contribution in [1.29, 1.82) is 0 Å². The molecule has 11 heteroatoms. The lowest BCUT2D eigenvalue weighted by molar-refractivity contribution is -0.274. The van der Waals surface area contributed by atoms with Crippen LogP contribution < -0.4 is 9.64 Å². The largest absolute Gasteiger partial charge is 0.573 e. The number of carbonyl (C=O) groups is 1. The molecule has 1 aliphatic rings. The second-order valence-electron chi connectivity index (χ2n) is 4.94. The van der Waals surface area contributed by atoms with Crippen LogP contribution in [0.3, 0.4) is 0 Å². The first-order chi connectivity index (χ1) is 10.4. The zero-order chi connectivity index (χ0) is 17.4. The number of nitrogens with zero attached hydrogens (tertiary/aromatic N) is 1. The third kappa shape index (κ3) is 5.06. The summed E-state index contributed by atoms with van der Waals surface area (Å²) >= 11 is 3.08. The molecule has 2 rings (SSSR count). The summed E-state index contributed by atoms with van der Waals surface area (Å²) in [5.41, 5.74) is -0.166. The van der Waals surface area contributed by atoms with E-state index in [2.05, 4.69) is 20.7 Å². The van der Waals surface area contributed by atoms with Crippen molar-refractivity contribution in [2.75, 3.05) is 17.2 Å². The van der Waals surface area contributed by atoms with Crippen LogP contribution in [0.2, 0.25) is 0 Å². The first-order valence-electron chi connectivity index (χ1n) is 6.22. The van der Waals surface area contributed by atoms with E-state index >= 15 is 0 Å². The minimum absolute atomic E-state index is 0.166. The molecule has 1 saturated heterocycles. The molecule has 0 spiro atoms. The van der Waals surface area contributed by atoms with Gasteiger partial charge in [0.25, 0.3) is 0 Å². The van der Waals surface area contributed by atoms with Gasteiger partial charge in [-0.15, -0.1) is 17.1 Å². The van der Waals surface area contributed by atoms with Gasteiger partial charge in [-0.1, -0.05) is 15.9 Å². The van der Waals surface area contributed by atoms with E-state index in [-0.39, 0.29) is 18.7 Å². The summed E-state index contributed by atoms with van der Waals surface area (Å²) in [5, 5.41) is 0. The number of hydrogen-bond donors (Lipinski definition) is 0. The van der Waals surface area contributed by atoms with Crippen LogP contribution in [0, 0.1) is 5.92 Å². The van der Waals surface area contributed by atoms with Crippen molar-refractivity contribution in [2.24, 2.45) is 5.92 Å². The Bertz CT molecular complexity index is 722. The quantitative estimate of drug-likeness (QED) is 0.555. The minimum atomic E-state index is -4.95. The molecule has 1 heterocycles. The zero-order valence-corrected chi connectivity index (χ0v) is 13.7. The molecule has 1 unspecified atom stereocenters. The molecule has 0 N–H and O–H groups in total.